The Labute approximate surface area is 172 Å². The van der Waals surface area contributed by atoms with E-state index in [-0.39, 0.29) is 30.0 Å². The lowest BCUT2D eigenvalue weighted by atomic mass is 10.1. The van der Waals surface area contributed by atoms with E-state index in [1.807, 2.05) is 55.3 Å². The molecule has 1 aromatic heterocycles. The van der Waals surface area contributed by atoms with Gasteiger partial charge in [-0.15, -0.1) is 0 Å². The predicted octanol–water partition coefficient (Wildman–Crippen LogP) is 2.24. The van der Waals surface area contributed by atoms with Crippen LogP contribution in [-0.4, -0.2) is 73.5 Å². The number of likely N-dealkylation sites (N-methyl/N-ethyl adjacent to an activating group) is 2. The fraction of sp³-hybridized carbons (Fsp3) is 0.524. The molecule has 1 aliphatic rings. The molecule has 3 rings (SSSR count). The highest BCUT2D eigenvalue weighted by molar-refractivity contribution is 7.91. The van der Waals surface area contributed by atoms with Crippen LogP contribution in [0.15, 0.2) is 40.9 Å². The van der Waals surface area contributed by atoms with Crippen molar-refractivity contribution >= 4 is 15.7 Å². The van der Waals surface area contributed by atoms with E-state index in [1.54, 1.807) is 4.90 Å². The van der Waals surface area contributed by atoms with Gasteiger partial charge in [-0.25, -0.2) is 8.42 Å². The van der Waals surface area contributed by atoms with Crippen LogP contribution < -0.4 is 0 Å². The molecular weight excluding hydrogens is 390 g/mol. The lowest BCUT2D eigenvalue weighted by molar-refractivity contribution is -0.133. The Morgan fingerprint density at radius 1 is 1.28 bits per heavy atom. The molecule has 2 heterocycles. The van der Waals surface area contributed by atoms with Crippen molar-refractivity contribution in [3.8, 4) is 11.3 Å². The second-order valence-electron chi connectivity index (χ2n) is 7.62. The van der Waals surface area contributed by atoms with E-state index in [0.717, 1.165) is 36.4 Å². The van der Waals surface area contributed by atoms with Crippen molar-refractivity contribution in [2.45, 2.75) is 32.2 Å². The molecule has 0 saturated carbocycles. The first-order valence-electron chi connectivity index (χ1n) is 10.1. The smallest absolute Gasteiger partial charge is 0.237 e. The largest absolute Gasteiger partial charge is 0.361 e. The first-order valence-corrected chi connectivity index (χ1v) is 11.9. The van der Waals surface area contributed by atoms with Crippen LogP contribution in [0.25, 0.3) is 11.3 Å². The molecule has 158 valence electrons. The maximum absolute atomic E-state index is 12.6. The van der Waals surface area contributed by atoms with Crippen LogP contribution in [0, 0.1) is 0 Å². The van der Waals surface area contributed by atoms with Gasteiger partial charge in [-0.2, -0.15) is 0 Å². The van der Waals surface area contributed by atoms with Crippen LogP contribution in [0.3, 0.4) is 0 Å². The highest BCUT2D eigenvalue weighted by Gasteiger charge is 2.33. The fourth-order valence-electron chi connectivity index (χ4n) is 3.76. The van der Waals surface area contributed by atoms with Gasteiger partial charge in [-0.3, -0.25) is 9.69 Å². The first kappa shape index (κ1) is 21.5. The highest BCUT2D eigenvalue weighted by Crippen LogP contribution is 2.20. The Morgan fingerprint density at radius 2 is 2.03 bits per heavy atom. The van der Waals surface area contributed by atoms with Crippen molar-refractivity contribution < 1.29 is 17.7 Å². The summed E-state index contributed by atoms with van der Waals surface area (Å²) in [5.41, 5.74) is 1.85. The number of benzene rings is 1. The van der Waals surface area contributed by atoms with Gasteiger partial charge in [0.1, 0.15) is 11.5 Å². The molecule has 2 aromatic rings. The molecule has 8 heteroatoms. The standard InChI is InChI=1S/C21H29N3O4S/c1-3-24(18-11-13-29(26,27)16-18)21(25)15-23(2)12-7-10-19-14-20(22-28-19)17-8-5-4-6-9-17/h4-6,8-9,14,18H,3,7,10-13,15-16H2,1-2H3. The molecule has 0 aliphatic carbocycles. The molecule has 29 heavy (non-hydrogen) atoms. The average Bonchev–Trinajstić information content (AvgIpc) is 3.29. The second kappa shape index (κ2) is 9.54. The number of rotatable bonds is 9. The SMILES string of the molecule is CCN(C(=O)CN(C)CCCc1cc(-c2ccccc2)no1)C1CCS(=O)(=O)C1. The molecular formula is C21H29N3O4S. The van der Waals surface area contributed by atoms with Crippen molar-refractivity contribution in [3.05, 3.63) is 42.2 Å². The molecule has 0 bridgehead atoms. The number of aryl methyl sites for hydroxylation is 1. The molecule has 1 fully saturated rings. The zero-order chi connectivity index (χ0) is 20.9. The highest BCUT2D eigenvalue weighted by atomic mass is 32.2. The van der Waals surface area contributed by atoms with Crippen molar-refractivity contribution in [2.24, 2.45) is 0 Å². The van der Waals surface area contributed by atoms with Gasteiger partial charge in [0, 0.05) is 30.6 Å². The third-order valence-corrected chi connectivity index (χ3v) is 7.06. The number of hydrogen-bond donors (Lipinski definition) is 0. The van der Waals surface area contributed by atoms with Crippen LogP contribution in [0.5, 0.6) is 0 Å². The predicted molar refractivity (Wildman–Crippen MR) is 112 cm³/mol. The van der Waals surface area contributed by atoms with E-state index in [4.69, 9.17) is 4.52 Å². The van der Waals surface area contributed by atoms with Gasteiger partial charge in [0.05, 0.1) is 18.1 Å². The van der Waals surface area contributed by atoms with E-state index >= 15 is 0 Å². The molecule has 1 atom stereocenters. The van der Waals surface area contributed by atoms with Crippen molar-refractivity contribution in [1.29, 1.82) is 0 Å². The number of amides is 1. The number of carbonyl (C=O) groups is 1. The van der Waals surface area contributed by atoms with Gasteiger partial charge in [0.25, 0.3) is 0 Å². The average molecular weight is 420 g/mol. The molecule has 1 unspecified atom stereocenters. The van der Waals surface area contributed by atoms with Crippen LogP contribution >= 0.6 is 0 Å². The lowest BCUT2D eigenvalue weighted by Gasteiger charge is -2.29. The monoisotopic (exact) mass is 419 g/mol. The van der Waals surface area contributed by atoms with E-state index in [2.05, 4.69) is 5.16 Å². The number of hydrogen-bond acceptors (Lipinski definition) is 6. The van der Waals surface area contributed by atoms with Gasteiger partial charge in [-0.1, -0.05) is 35.5 Å². The van der Waals surface area contributed by atoms with Crippen LogP contribution in [0.4, 0.5) is 0 Å². The summed E-state index contributed by atoms with van der Waals surface area (Å²) < 4.78 is 28.8. The minimum Gasteiger partial charge on any atom is -0.361 e. The first-order chi connectivity index (χ1) is 13.9. The second-order valence-corrected chi connectivity index (χ2v) is 9.85. The topological polar surface area (TPSA) is 83.7 Å². The Balaban J connectivity index is 1.44. The fourth-order valence-corrected chi connectivity index (χ4v) is 5.49. The maximum atomic E-state index is 12.6. The molecule has 0 N–H and O–H groups in total. The Morgan fingerprint density at radius 3 is 2.69 bits per heavy atom. The summed E-state index contributed by atoms with van der Waals surface area (Å²) in [6.45, 7) is 3.47. The zero-order valence-electron chi connectivity index (χ0n) is 17.1. The van der Waals surface area contributed by atoms with Gasteiger partial charge in [-0.05, 0) is 33.4 Å². The van der Waals surface area contributed by atoms with Crippen LogP contribution in [0.2, 0.25) is 0 Å². The van der Waals surface area contributed by atoms with Crippen molar-refractivity contribution in [3.63, 3.8) is 0 Å². The van der Waals surface area contributed by atoms with Crippen LogP contribution in [-0.2, 0) is 21.1 Å². The number of sulfone groups is 1. The summed E-state index contributed by atoms with van der Waals surface area (Å²) in [7, 11) is -1.09. The molecule has 1 aliphatic heterocycles. The number of aromatic nitrogens is 1. The maximum Gasteiger partial charge on any atom is 0.237 e. The summed E-state index contributed by atoms with van der Waals surface area (Å²) in [4.78, 5) is 16.3. The number of carbonyl (C=O) groups excluding carboxylic acids is 1. The molecule has 0 radical (unpaired) electrons. The van der Waals surface area contributed by atoms with Gasteiger partial charge in [0.15, 0.2) is 9.84 Å². The lowest BCUT2D eigenvalue weighted by Crippen LogP contribution is -2.45. The summed E-state index contributed by atoms with van der Waals surface area (Å²) in [6.07, 6.45) is 2.13. The quantitative estimate of drug-likeness (QED) is 0.620. The van der Waals surface area contributed by atoms with E-state index in [1.165, 1.54) is 0 Å². The number of nitrogens with zero attached hydrogens (tertiary/aromatic N) is 3. The van der Waals surface area contributed by atoms with E-state index in [9.17, 15) is 13.2 Å². The van der Waals surface area contributed by atoms with Crippen molar-refractivity contribution in [2.75, 3.05) is 38.2 Å². The van der Waals surface area contributed by atoms with Crippen molar-refractivity contribution in [1.82, 2.24) is 15.0 Å². The van der Waals surface area contributed by atoms with E-state index < -0.39 is 9.84 Å². The summed E-state index contributed by atoms with van der Waals surface area (Å²) >= 11 is 0. The third-order valence-electron chi connectivity index (χ3n) is 5.31. The Bertz CT molecular complexity index is 911. The molecule has 1 aromatic carbocycles. The van der Waals surface area contributed by atoms with Gasteiger partial charge < -0.3 is 9.42 Å². The minimum absolute atomic E-state index is 0.0110. The Hall–Kier alpha value is -2.19. The van der Waals surface area contributed by atoms with Crippen LogP contribution in [0.1, 0.15) is 25.5 Å². The van der Waals surface area contributed by atoms with E-state index in [0.29, 0.717) is 13.0 Å². The molecule has 1 saturated heterocycles. The molecule has 1 amide bonds. The zero-order valence-corrected chi connectivity index (χ0v) is 17.9. The summed E-state index contributed by atoms with van der Waals surface area (Å²) in [5, 5.41) is 4.12. The molecule has 7 nitrogen and oxygen atoms in total. The van der Waals surface area contributed by atoms with Gasteiger partial charge >= 0.3 is 0 Å². The third kappa shape index (κ3) is 5.90. The summed E-state index contributed by atoms with van der Waals surface area (Å²) in [5.74, 6) is 1.09. The van der Waals surface area contributed by atoms with Gasteiger partial charge in [0.2, 0.25) is 5.91 Å². The minimum atomic E-state index is -3.00. The molecule has 0 spiro atoms. The normalized spacial score (nSPS) is 18.2. The summed E-state index contributed by atoms with van der Waals surface area (Å²) in [6, 6.07) is 11.7. The Kier molecular flexibility index (Phi) is 7.08.